The summed E-state index contributed by atoms with van der Waals surface area (Å²) in [6, 6.07) is 30.3. The third-order valence-electron chi connectivity index (χ3n) is 7.67. The average Bonchev–Trinajstić information content (AvgIpc) is 3.81. The molecule has 2 aliphatic rings. The summed E-state index contributed by atoms with van der Waals surface area (Å²) < 4.78 is 3.65. The molecule has 2 saturated heterocycles. The number of benzene rings is 4. The summed E-state index contributed by atoms with van der Waals surface area (Å²) in [6.07, 6.45) is 0.261. The molecule has 2 atom stereocenters. The van der Waals surface area contributed by atoms with Crippen LogP contribution in [0.25, 0.3) is 20.4 Å². The normalized spacial score (nSPS) is 18.4. The van der Waals surface area contributed by atoms with Crippen molar-refractivity contribution >= 4 is 113 Å². The van der Waals surface area contributed by atoms with Crippen LogP contribution in [0.3, 0.4) is 0 Å². The predicted molar refractivity (Wildman–Crippen MR) is 190 cm³/mol. The second-order valence-electron chi connectivity index (χ2n) is 10.7. The lowest BCUT2D eigenvalue weighted by Crippen LogP contribution is -2.31. The minimum atomic E-state index is -0.508. The van der Waals surface area contributed by atoms with Gasteiger partial charge in [0.15, 0.2) is 8.68 Å². The van der Waals surface area contributed by atoms with Crippen molar-refractivity contribution in [3.63, 3.8) is 0 Å². The number of carbonyl (C=O) groups excluding carboxylic acids is 4. The Morgan fingerprint density at radius 3 is 1.36 bits per heavy atom. The average molecular weight is 711 g/mol. The minimum absolute atomic E-state index is 0.131. The van der Waals surface area contributed by atoms with Gasteiger partial charge in [0, 0.05) is 22.6 Å². The van der Waals surface area contributed by atoms with Crippen LogP contribution in [0, 0.1) is 0 Å². The number of thiazole rings is 2. The zero-order chi connectivity index (χ0) is 32.1. The van der Waals surface area contributed by atoms with Crippen molar-refractivity contribution in [2.24, 2.45) is 0 Å². The highest BCUT2D eigenvalue weighted by Gasteiger charge is 2.42. The highest BCUT2D eigenvalue weighted by molar-refractivity contribution is 8.02. The molecule has 4 heterocycles. The first-order chi connectivity index (χ1) is 22.9. The molecule has 13 heteroatoms. The highest BCUT2D eigenvalue weighted by Crippen LogP contribution is 2.40. The number of aromatic nitrogens is 2. The van der Waals surface area contributed by atoms with Gasteiger partial charge in [0.2, 0.25) is 23.6 Å². The molecule has 0 bridgehead atoms. The van der Waals surface area contributed by atoms with Gasteiger partial charge in [-0.3, -0.25) is 19.2 Å². The van der Waals surface area contributed by atoms with Gasteiger partial charge < -0.3 is 0 Å². The van der Waals surface area contributed by atoms with Gasteiger partial charge in [0.05, 0.1) is 31.8 Å². The van der Waals surface area contributed by atoms with E-state index in [1.807, 2.05) is 72.8 Å². The van der Waals surface area contributed by atoms with Crippen LogP contribution < -0.4 is 9.80 Å². The number of carbonyl (C=O) groups is 4. The number of hydrogen-bond donors (Lipinski definition) is 0. The highest BCUT2D eigenvalue weighted by atomic mass is 32.2. The molecule has 4 amide bonds. The van der Waals surface area contributed by atoms with E-state index in [1.165, 1.54) is 67.8 Å². The fourth-order valence-corrected chi connectivity index (χ4v) is 10.9. The summed E-state index contributed by atoms with van der Waals surface area (Å²) in [5.41, 5.74) is 2.85. The molecule has 0 aliphatic carbocycles. The Labute approximate surface area is 289 Å². The van der Waals surface area contributed by atoms with E-state index in [9.17, 15) is 19.2 Å². The van der Waals surface area contributed by atoms with Gasteiger partial charge in [-0.15, -0.1) is 22.7 Å². The second kappa shape index (κ2) is 12.5. The Kier molecular flexibility index (Phi) is 8.10. The Hall–Kier alpha value is -4.01. The third-order valence-corrected chi connectivity index (χ3v) is 13.3. The Balaban J connectivity index is 0.901. The Morgan fingerprint density at radius 1 is 0.553 bits per heavy atom. The van der Waals surface area contributed by atoms with Crippen molar-refractivity contribution in [3.05, 3.63) is 97.1 Å². The molecule has 8 nitrogen and oxygen atoms in total. The van der Waals surface area contributed by atoms with E-state index in [1.54, 1.807) is 24.3 Å². The van der Waals surface area contributed by atoms with Crippen molar-refractivity contribution in [1.29, 1.82) is 0 Å². The number of amides is 4. The molecular weight excluding hydrogens is 689 g/mol. The van der Waals surface area contributed by atoms with E-state index >= 15 is 0 Å². The van der Waals surface area contributed by atoms with Crippen molar-refractivity contribution in [1.82, 2.24) is 9.97 Å². The van der Waals surface area contributed by atoms with E-state index < -0.39 is 10.5 Å². The van der Waals surface area contributed by atoms with Crippen LogP contribution in [0.1, 0.15) is 12.8 Å². The van der Waals surface area contributed by atoms with Crippen molar-refractivity contribution in [2.45, 2.75) is 41.8 Å². The van der Waals surface area contributed by atoms with Crippen LogP contribution in [0.4, 0.5) is 11.4 Å². The summed E-state index contributed by atoms with van der Waals surface area (Å²) in [5, 5.41) is -1.02. The molecule has 2 aliphatic heterocycles. The number of hydrogen-bond acceptors (Lipinski definition) is 11. The zero-order valence-corrected chi connectivity index (χ0v) is 28.4. The largest absolute Gasteiger partial charge is 0.274 e. The maximum Gasteiger partial charge on any atom is 0.247 e. The van der Waals surface area contributed by atoms with Crippen molar-refractivity contribution in [3.8, 4) is 0 Å². The molecule has 0 radical (unpaired) electrons. The second-order valence-corrected chi connectivity index (χ2v) is 16.8. The van der Waals surface area contributed by atoms with Crippen LogP contribution in [-0.4, -0.2) is 44.1 Å². The predicted octanol–water partition coefficient (Wildman–Crippen LogP) is 7.91. The molecule has 0 saturated carbocycles. The molecule has 0 N–H and O–H groups in total. The molecule has 2 fully saturated rings. The van der Waals surface area contributed by atoms with Crippen LogP contribution >= 0.6 is 58.0 Å². The summed E-state index contributed by atoms with van der Waals surface area (Å²) in [4.78, 5) is 65.8. The Bertz CT molecular complexity index is 1980. The van der Waals surface area contributed by atoms with Crippen LogP contribution in [-0.2, 0) is 19.2 Å². The monoisotopic (exact) mass is 710 g/mol. The number of imide groups is 2. The van der Waals surface area contributed by atoms with Gasteiger partial charge in [-0.1, -0.05) is 59.6 Å². The first-order valence-electron chi connectivity index (χ1n) is 14.6. The molecule has 8 rings (SSSR count). The van der Waals surface area contributed by atoms with E-state index in [2.05, 4.69) is 9.97 Å². The molecule has 47 heavy (non-hydrogen) atoms. The number of fused-ring (bicyclic) bond motifs is 2. The molecule has 0 spiro atoms. The lowest BCUT2D eigenvalue weighted by molar-refractivity contribution is -0.122. The van der Waals surface area contributed by atoms with Gasteiger partial charge in [-0.25, -0.2) is 19.8 Å². The van der Waals surface area contributed by atoms with Crippen LogP contribution in [0.15, 0.2) is 116 Å². The summed E-state index contributed by atoms with van der Waals surface area (Å²) in [5.74, 6) is -0.920. The third kappa shape index (κ3) is 5.98. The first-order valence-corrected chi connectivity index (χ1v) is 18.8. The topological polar surface area (TPSA) is 101 Å². The lowest BCUT2D eigenvalue weighted by atomic mass is 10.3. The van der Waals surface area contributed by atoms with Crippen LogP contribution in [0.5, 0.6) is 0 Å². The van der Waals surface area contributed by atoms with Crippen LogP contribution in [0.2, 0.25) is 0 Å². The molecule has 232 valence electrons. The fraction of sp³-hybridized carbons (Fsp3) is 0.118. The molecular formula is C34H22N4O4S5. The molecule has 6 aromatic rings. The van der Waals surface area contributed by atoms with E-state index in [4.69, 9.17) is 0 Å². The molecule has 2 aromatic heterocycles. The number of nitrogens with zero attached hydrogens (tertiary/aromatic N) is 4. The SMILES string of the molecule is O=C1C[C@@H](Sc2nc3ccccc3s2)C(=O)N1c1ccc(Sc2ccc(N3C(=O)C[C@@H](Sc4nc5ccccc5s4)C3=O)cc2)cc1. The maximum absolute atomic E-state index is 13.2. The number of rotatable bonds is 8. The van der Waals surface area contributed by atoms with Gasteiger partial charge in [0.1, 0.15) is 10.5 Å². The van der Waals surface area contributed by atoms with Crippen molar-refractivity contribution in [2.75, 3.05) is 9.80 Å². The van der Waals surface area contributed by atoms with Gasteiger partial charge in [-0.05, 0) is 72.8 Å². The quantitative estimate of drug-likeness (QED) is 0.146. The van der Waals surface area contributed by atoms with E-state index in [0.29, 0.717) is 11.4 Å². The fourth-order valence-electron chi connectivity index (χ4n) is 5.44. The minimum Gasteiger partial charge on any atom is -0.274 e. The summed E-state index contributed by atoms with van der Waals surface area (Å²) >= 11 is 7.24. The van der Waals surface area contributed by atoms with E-state index in [-0.39, 0.29) is 36.5 Å². The molecule has 0 unspecified atom stereocenters. The maximum atomic E-state index is 13.2. The Morgan fingerprint density at radius 2 is 0.957 bits per heavy atom. The number of anilines is 2. The standard InChI is InChI=1S/C34H22N4O4S5/c39-29-17-27(46-33-35-23-5-1-3-7-25(23)44-33)31(41)37(29)19-9-13-21(14-10-19)43-22-15-11-20(12-16-22)38-30(40)18-28(32(38)42)47-34-36-24-6-2-4-8-26(24)45-34/h1-16,27-28H,17-18H2/t27-,28-/m1/s1. The summed E-state index contributed by atoms with van der Waals surface area (Å²) in [7, 11) is 0. The number of para-hydroxylation sites is 2. The van der Waals surface area contributed by atoms with Gasteiger partial charge >= 0.3 is 0 Å². The number of thioether (sulfide) groups is 2. The lowest BCUT2D eigenvalue weighted by Gasteiger charge is -2.16. The van der Waals surface area contributed by atoms with Gasteiger partial charge in [0.25, 0.3) is 0 Å². The summed E-state index contributed by atoms with van der Waals surface area (Å²) in [6.45, 7) is 0. The zero-order valence-electron chi connectivity index (χ0n) is 24.3. The smallest absolute Gasteiger partial charge is 0.247 e. The van der Waals surface area contributed by atoms with Crippen molar-refractivity contribution < 1.29 is 19.2 Å². The van der Waals surface area contributed by atoms with E-state index in [0.717, 1.165) is 38.9 Å². The molecule has 4 aromatic carbocycles. The first kappa shape index (κ1) is 30.3. The van der Waals surface area contributed by atoms with Gasteiger partial charge in [-0.2, -0.15) is 0 Å².